The predicted octanol–water partition coefficient (Wildman–Crippen LogP) is 1.05. The van der Waals surface area contributed by atoms with Gasteiger partial charge in [-0.05, 0) is 13.3 Å². The second-order valence-corrected chi connectivity index (χ2v) is 4.05. The van der Waals surface area contributed by atoms with Gasteiger partial charge in [-0.25, -0.2) is 4.98 Å². The molecule has 0 bridgehead atoms. The molecule has 19 heavy (non-hydrogen) atoms. The van der Waals surface area contributed by atoms with Gasteiger partial charge in [-0.2, -0.15) is 15.0 Å². The first-order valence-corrected chi connectivity index (χ1v) is 6.36. The number of hydrogen-bond acceptors (Lipinski definition) is 6. The van der Waals surface area contributed by atoms with Crippen molar-refractivity contribution in [3.8, 4) is 6.01 Å². The predicted molar refractivity (Wildman–Crippen MR) is 70.7 cm³/mol. The molecule has 7 heteroatoms. The van der Waals surface area contributed by atoms with Crippen LogP contribution in [-0.4, -0.2) is 31.1 Å². The molecule has 102 valence electrons. The number of imidazole rings is 1. The van der Waals surface area contributed by atoms with Crippen LogP contribution in [0.5, 0.6) is 6.01 Å². The third kappa shape index (κ3) is 3.40. The van der Waals surface area contributed by atoms with E-state index in [0.717, 1.165) is 18.8 Å². The molecule has 2 aromatic rings. The maximum atomic E-state index is 5.66. The SMILES string of the molecule is CCCOc1nc(N)nc(Cc2nccn2CC)n1. The van der Waals surface area contributed by atoms with E-state index in [4.69, 9.17) is 10.5 Å². The molecule has 0 aliphatic carbocycles. The Kier molecular flexibility index (Phi) is 4.27. The van der Waals surface area contributed by atoms with Crippen LogP contribution >= 0.6 is 0 Å². The van der Waals surface area contributed by atoms with Gasteiger partial charge >= 0.3 is 6.01 Å². The largest absolute Gasteiger partial charge is 0.463 e. The van der Waals surface area contributed by atoms with Crippen LogP contribution in [0.15, 0.2) is 12.4 Å². The van der Waals surface area contributed by atoms with Gasteiger partial charge in [0.2, 0.25) is 5.95 Å². The number of nitrogens with zero attached hydrogens (tertiary/aromatic N) is 5. The van der Waals surface area contributed by atoms with Crippen molar-refractivity contribution >= 4 is 5.95 Å². The summed E-state index contributed by atoms with van der Waals surface area (Å²) in [6.07, 6.45) is 5.09. The lowest BCUT2D eigenvalue weighted by Crippen LogP contribution is -2.10. The first kappa shape index (κ1) is 13.3. The van der Waals surface area contributed by atoms with E-state index >= 15 is 0 Å². The number of hydrogen-bond donors (Lipinski definition) is 1. The van der Waals surface area contributed by atoms with E-state index in [-0.39, 0.29) is 12.0 Å². The average Bonchev–Trinajstić information content (AvgIpc) is 2.83. The van der Waals surface area contributed by atoms with Gasteiger partial charge in [0, 0.05) is 18.9 Å². The molecular formula is C12H18N6O. The highest BCUT2D eigenvalue weighted by molar-refractivity contribution is 5.19. The number of anilines is 1. The van der Waals surface area contributed by atoms with Gasteiger partial charge < -0.3 is 15.0 Å². The molecule has 2 N–H and O–H groups in total. The third-order valence-corrected chi connectivity index (χ3v) is 2.57. The zero-order chi connectivity index (χ0) is 13.7. The highest BCUT2D eigenvalue weighted by Gasteiger charge is 2.09. The van der Waals surface area contributed by atoms with Crippen LogP contribution in [0, 0.1) is 0 Å². The number of aromatic nitrogens is 5. The Balaban J connectivity index is 2.17. The van der Waals surface area contributed by atoms with Gasteiger partial charge in [0.1, 0.15) is 11.6 Å². The summed E-state index contributed by atoms with van der Waals surface area (Å²) in [5, 5.41) is 0. The molecule has 0 saturated carbocycles. The van der Waals surface area contributed by atoms with Crippen molar-refractivity contribution in [3.05, 3.63) is 24.0 Å². The molecule has 2 heterocycles. The molecule has 0 fully saturated rings. The van der Waals surface area contributed by atoms with Gasteiger partial charge in [0.25, 0.3) is 0 Å². The van der Waals surface area contributed by atoms with E-state index in [9.17, 15) is 0 Å². The second kappa shape index (κ2) is 6.12. The number of nitrogens with two attached hydrogens (primary N) is 1. The van der Waals surface area contributed by atoms with Crippen molar-refractivity contribution in [2.45, 2.75) is 33.2 Å². The van der Waals surface area contributed by atoms with Gasteiger partial charge in [0.05, 0.1) is 13.0 Å². The Labute approximate surface area is 111 Å². The van der Waals surface area contributed by atoms with Crippen LogP contribution in [-0.2, 0) is 13.0 Å². The monoisotopic (exact) mass is 262 g/mol. The molecule has 2 aromatic heterocycles. The van der Waals surface area contributed by atoms with Gasteiger partial charge in [-0.3, -0.25) is 0 Å². The lowest BCUT2D eigenvalue weighted by Gasteiger charge is -2.06. The van der Waals surface area contributed by atoms with E-state index in [2.05, 4.69) is 26.9 Å². The minimum atomic E-state index is 0.172. The fourth-order valence-electron chi connectivity index (χ4n) is 1.69. The molecule has 0 amide bonds. The summed E-state index contributed by atoms with van der Waals surface area (Å²) in [4.78, 5) is 16.6. The van der Waals surface area contributed by atoms with Crippen LogP contribution in [0.2, 0.25) is 0 Å². The number of rotatable bonds is 6. The standard InChI is InChI=1S/C12H18N6O/c1-3-7-19-12-16-9(15-11(13)17-12)8-10-14-5-6-18(10)4-2/h5-6H,3-4,7-8H2,1-2H3,(H2,13,15,16,17). The molecule has 0 aromatic carbocycles. The minimum Gasteiger partial charge on any atom is -0.463 e. The van der Waals surface area contributed by atoms with Crippen molar-refractivity contribution in [3.63, 3.8) is 0 Å². The molecule has 0 saturated heterocycles. The van der Waals surface area contributed by atoms with Crippen LogP contribution in [0.25, 0.3) is 0 Å². The molecule has 0 radical (unpaired) electrons. The Morgan fingerprint density at radius 3 is 2.84 bits per heavy atom. The number of aryl methyl sites for hydroxylation is 1. The quantitative estimate of drug-likeness (QED) is 0.836. The third-order valence-electron chi connectivity index (χ3n) is 2.57. The fraction of sp³-hybridized carbons (Fsp3) is 0.500. The second-order valence-electron chi connectivity index (χ2n) is 4.05. The smallest absolute Gasteiger partial charge is 0.321 e. The van der Waals surface area contributed by atoms with Crippen LogP contribution in [0.4, 0.5) is 5.95 Å². The zero-order valence-electron chi connectivity index (χ0n) is 11.2. The first-order chi connectivity index (χ1) is 9.22. The number of nitrogen functional groups attached to an aromatic ring is 1. The van der Waals surface area contributed by atoms with E-state index in [1.54, 1.807) is 6.20 Å². The molecular weight excluding hydrogens is 244 g/mol. The normalized spacial score (nSPS) is 10.6. The molecule has 0 aliphatic rings. The van der Waals surface area contributed by atoms with E-state index in [1.165, 1.54) is 0 Å². The zero-order valence-corrected chi connectivity index (χ0v) is 11.2. The summed E-state index contributed by atoms with van der Waals surface area (Å²) in [5.41, 5.74) is 5.66. The maximum absolute atomic E-state index is 5.66. The summed E-state index contributed by atoms with van der Waals surface area (Å²) < 4.78 is 7.42. The summed E-state index contributed by atoms with van der Waals surface area (Å²) in [7, 11) is 0. The highest BCUT2D eigenvalue weighted by atomic mass is 16.5. The molecule has 0 aliphatic heterocycles. The highest BCUT2D eigenvalue weighted by Crippen LogP contribution is 2.09. The van der Waals surface area contributed by atoms with Crippen LogP contribution in [0.1, 0.15) is 31.9 Å². The first-order valence-electron chi connectivity index (χ1n) is 6.36. The summed E-state index contributed by atoms with van der Waals surface area (Å²) in [6, 6.07) is 0.277. The summed E-state index contributed by atoms with van der Waals surface area (Å²) in [5.74, 6) is 1.64. The van der Waals surface area contributed by atoms with Crippen LogP contribution in [0.3, 0.4) is 0 Å². The Bertz CT molecular complexity index is 539. The van der Waals surface area contributed by atoms with Crippen molar-refractivity contribution in [2.75, 3.05) is 12.3 Å². The number of ether oxygens (including phenoxy) is 1. The van der Waals surface area contributed by atoms with Gasteiger partial charge in [-0.1, -0.05) is 6.92 Å². The molecule has 0 unspecified atom stereocenters. The van der Waals surface area contributed by atoms with E-state index in [1.807, 2.05) is 17.7 Å². The minimum absolute atomic E-state index is 0.172. The molecule has 0 spiro atoms. The van der Waals surface area contributed by atoms with Crippen LogP contribution < -0.4 is 10.5 Å². The average molecular weight is 262 g/mol. The van der Waals surface area contributed by atoms with E-state index in [0.29, 0.717) is 18.9 Å². The maximum Gasteiger partial charge on any atom is 0.321 e. The Morgan fingerprint density at radius 2 is 2.11 bits per heavy atom. The van der Waals surface area contributed by atoms with Gasteiger partial charge in [0.15, 0.2) is 0 Å². The fourth-order valence-corrected chi connectivity index (χ4v) is 1.69. The van der Waals surface area contributed by atoms with E-state index < -0.39 is 0 Å². The summed E-state index contributed by atoms with van der Waals surface area (Å²) >= 11 is 0. The summed E-state index contributed by atoms with van der Waals surface area (Å²) in [6.45, 7) is 5.49. The lowest BCUT2D eigenvalue weighted by atomic mass is 10.4. The van der Waals surface area contributed by atoms with Crippen molar-refractivity contribution in [1.29, 1.82) is 0 Å². The molecule has 2 rings (SSSR count). The Morgan fingerprint density at radius 1 is 1.26 bits per heavy atom. The molecule has 0 atom stereocenters. The molecule has 7 nitrogen and oxygen atoms in total. The lowest BCUT2D eigenvalue weighted by molar-refractivity contribution is 0.290. The topological polar surface area (TPSA) is 91.7 Å². The van der Waals surface area contributed by atoms with Crippen molar-refractivity contribution < 1.29 is 4.74 Å². The van der Waals surface area contributed by atoms with Crippen molar-refractivity contribution in [2.24, 2.45) is 0 Å². The Hall–Kier alpha value is -2.18. The van der Waals surface area contributed by atoms with Crippen molar-refractivity contribution in [1.82, 2.24) is 24.5 Å². The van der Waals surface area contributed by atoms with Gasteiger partial charge in [-0.15, -0.1) is 0 Å².